The molecule has 0 bridgehead atoms. The molecule has 2 aromatic rings. The number of nitrogens with zero attached hydrogens (tertiary/aromatic N) is 1. The van der Waals surface area contributed by atoms with Gasteiger partial charge in [0.25, 0.3) is 5.91 Å². The Labute approximate surface area is 120 Å². The van der Waals surface area contributed by atoms with Gasteiger partial charge in [0.1, 0.15) is 11.6 Å². The van der Waals surface area contributed by atoms with Crippen LogP contribution >= 0.6 is 0 Å². The van der Waals surface area contributed by atoms with Gasteiger partial charge in [-0.1, -0.05) is 6.07 Å². The molecule has 5 nitrogen and oxygen atoms in total. The average Bonchev–Trinajstić information content (AvgIpc) is 2.95. The summed E-state index contributed by atoms with van der Waals surface area (Å²) in [6, 6.07) is 8.65. The molecule has 0 aliphatic carbocycles. The Morgan fingerprint density at radius 3 is 2.67 bits per heavy atom. The molecule has 0 radical (unpaired) electrons. The minimum atomic E-state index is -1.01. The smallest absolute Gasteiger partial charge is 0.305 e. The van der Waals surface area contributed by atoms with Crippen molar-refractivity contribution in [2.45, 2.75) is 13.0 Å². The van der Waals surface area contributed by atoms with E-state index in [4.69, 9.17) is 9.52 Å². The maximum atomic E-state index is 13.2. The highest BCUT2D eigenvalue weighted by Crippen LogP contribution is 2.12. The summed E-state index contributed by atoms with van der Waals surface area (Å²) in [6.07, 6.45) is 1.28. The molecular weight excluding hydrogens is 277 g/mol. The Morgan fingerprint density at radius 2 is 2.05 bits per heavy atom. The van der Waals surface area contributed by atoms with E-state index in [9.17, 15) is 14.0 Å². The summed E-state index contributed by atoms with van der Waals surface area (Å²) < 4.78 is 18.4. The van der Waals surface area contributed by atoms with Gasteiger partial charge in [-0.25, -0.2) is 4.39 Å². The van der Waals surface area contributed by atoms with Crippen LogP contribution in [0.4, 0.5) is 4.39 Å². The summed E-state index contributed by atoms with van der Waals surface area (Å²) in [5, 5.41) is 8.76. The van der Waals surface area contributed by atoms with E-state index in [1.165, 1.54) is 29.4 Å². The van der Waals surface area contributed by atoms with Crippen molar-refractivity contribution in [1.29, 1.82) is 0 Å². The van der Waals surface area contributed by atoms with Crippen LogP contribution in [-0.4, -0.2) is 28.4 Å². The van der Waals surface area contributed by atoms with E-state index in [1.54, 1.807) is 12.1 Å². The lowest BCUT2D eigenvalue weighted by Crippen LogP contribution is -2.32. The molecule has 1 heterocycles. The van der Waals surface area contributed by atoms with Crippen molar-refractivity contribution >= 4 is 11.9 Å². The van der Waals surface area contributed by atoms with Gasteiger partial charge >= 0.3 is 5.97 Å². The summed E-state index contributed by atoms with van der Waals surface area (Å²) in [5.41, 5.74) is 0.173. The minimum Gasteiger partial charge on any atom is -0.481 e. The molecule has 0 saturated heterocycles. The van der Waals surface area contributed by atoms with Gasteiger partial charge in [0, 0.05) is 12.1 Å². The van der Waals surface area contributed by atoms with Gasteiger partial charge in [0.05, 0.1) is 19.2 Å². The van der Waals surface area contributed by atoms with Crippen LogP contribution in [0.5, 0.6) is 0 Å². The summed E-state index contributed by atoms with van der Waals surface area (Å²) in [7, 11) is 0. The van der Waals surface area contributed by atoms with E-state index in [-0.39, 0.29) is 25.1 Å². The maximum absolute atomic E-state index is 13.2. The van der Waals surface area contributed by atoms with Gasteiger partial charge in [0.15, 0.2) is 0 Å². The fourth-order valence-electron chi connectivity index (χ4n) is 1.88. The minimum absolute atomic E-state index is 0.0192. The van der Waals surface area contributed by atoms with Crippen LogP contribution < -0.4 is 0 Å². The van der Waals surface area contributed by atoms with E-state index in [1.807, 2.05) is 0 Å². The predicted octanol–water partition coefficient (Wildman–Crippen LogP) is 2.54. The fraction of sp³-hybridized carbons (Fsp3) is 0.200. The van der Waals surface area contributed by atoms with Crippen molar-refractivity contribution in [1.82, 2.24) is 4.90 Å². The molecule has 6 heteroatoms. The zero-order chi connectivity index (χ0) is 15.2. The van der Waals surface area contributed by atoms with Crippen LogP contribution in [0.2, 0.25) is 0 Å². The number of hydrogen-bond donors (Lipinski definition) is 1. The number of halogens is 1. The Balaban J connectivity index is 2.16. The molecule has 0 aliphatic heterocycles. The normalized spacial score (nSPS) is 10.3. The first-order chi connectivity index (χ1) is 10.1. The van der Waals surface area contributed by atoms with Crippen molar-refractivity contribution in [2.24, 2.45) is 0 Å². The van der Waals surface area contributed by atoms with Gasteiger partial charge in [-0.2, -0.15) is 0 Å². The number of hydrogen-bond acceptors (Lipinski definition) is 3. The monoisotopic (exact) mass is 291 g/mol. The van der Waals surface area contributed by atoms with Crippen molar-refractivity contribution in [3.05, 3.63) is 59.8 Å². The quantitative estimate of drug-likeness (QED) is 0.887. The van der Waals surface area contributed by atoms with Crippen molar-refractivity contribution < 1.29 is 23.5 Å². The first-order valence-electron chi connectivity index (χ1n) is 6.35. The van der Waals surface area contributed by atoms with Crippen LogP contribution in [0, 0.1) is 5.82 Å². The number of amides is 1. The van der Waals surface area contributed by atoms with Gasteiger partial charge in [-0.15, -0.1) is 0 Å². The predicted molar refractivity (Wildman–Crippen MR) is 72.1 cm³/mol. The number of rotatable bonds is 6. The third-order valence-corrected chi connectivity index (χ3v) is 2.88. The first kappa shape index (κ1) is 14.8. The van der Waals surface area contributed by atoms with Crippen molar-refractivity contribution in [3.8, 4) is 0 Å². The fourth-order valence-corrected chi connectivity index (χ4v) is 1.88. The third kappa shape index (κ3) is 4.17. The molecule has 0 saturated carbocycles. The number of carbonyl (C=O) groups excluding carboxylic acids is 1. The first-order valence-corrected chi connectivity index (χ1v) is 6.35. The van der Waals surface area contributed by atoms with E-state index >= 15 is 0 Å². The molecule has 2 rings (SSSR count). The largest absolute Gasteiger partial charge is 0.481 e. The molecule has 0 unspecified atom stereocenters. The third-order valence-electron chi connectivity index (χ3n) is 2.88. The molecule has 0 spiro atoms. The van der Waals surface area contributed by atoms with Crippen molar-refractivity contribution in [3.63, 3.8) is 0 Å². The lowest BCUT2D eigenvalue weighted by molar-refractivity contribution is -0.137. The molecular formula is C15H14FNO4. The molecule has 1 N–H and O–H groups in total. The standard InChI is InChI=1S/C15H14FNO4/c16-12-4-1-3-11(9-12)15(20)17(7-6-14(18)19)10-13-5-2-8-21-13/h1-5,8-9H,6-7,10H2,(H,18,19). The highest BCUT2D eigenvalue weighted by molar-refractivity contribution is 5.94. The number of carbonyl (C=O) groups is 2. The lowest BCUT2D eigenvalue weighted by atomic mass is 10.2. The van der Waals surface area contributed by atoms with Gasteiger partial charge in [-0.3, -0.25) is 9.59 Å². The highest BCUT2D eigenvalue weighted by atomic mass is 19.1. The summed E-state index contributed by atoms with van der Waals surface area (Å²) >= 11 is 0. The van der Waals surface area contributed by atoms with E-state index in [0.29, 0.717) is 5.76 Å². The average molecular weight is 291 g/mol. The SMILES string of the molecule is O=C(O)CCN(Cc1ccco1)C(=O)c1cccc(F)c1. The number of carboxylic acid groups (broad SMARTS) is 1. The van der Waals surface area contributed by atoms with Crippen LogP contribution in [-0.2, 0) is 11.3 Å². The molecule has 0 aliphatic rings. The van der Waals surface area contributed by atoms with Crippen LogP contribution in [0.3, 0.4) is 0 Å². The summed E-state index contributed by atoms with van der Waals surface area (Å²) in [6.45, 7) is 0.154. The molecule has 1 aromatic carbocycles. The van der Waals surface area contributed by atoms with Crippen LogP contribution in [0.25, 0.3) is 0 Å². The second kappa shape index (κ2) is 6.69. The second-order valence-electron chi connectivity index (χ2n) is 4.46. The maximum Gasteiger partial charge on any atom is 0.305 e. The Hall–Kier alpha value is -2.63. The van der Waals surface area contributed by atoms with Crippen LogP contribution in [0.15, 0.2) is 47.1 Å². The topological polar surface area (TPSA) is 70.8 Å². The van der Waals surface area contributed by atoms with Gasteiger partial charge in [-0.05, 0) is 30.3 Å². The highest BCUT2D eigenvalue weighted by Gasteiger charge is 2.18. The van der Waals surface area contributed by atoms with Crippen molar-refractivity contribution in [2.75, 3.05) is 6.54 Å². The molecule has 0 fully saturated rings. The van der Waals surface area contributed by atoms with E-state index in [0.717, 1.165) is 6.07 Å². The lowest BCUT2D eigenvalue weighted by Gasteiger charge is -2.21. The van der Waals surface area contributed by atoms with Gasteiger partial charge in [0.2, 0.25) is 0 Å². The second-order valence-corrected chi connectivity index (χ2v) is 4.46. The van der Waals surface area contributed by atoms with E-state index in [2.05, 4.69) is 0 Å². The molecule has 1 amide bonds. The zero-order valence-electron chi connectivity index (χ0n) is 11.2. The van der Waals surface area contributed by atoms with Gasteiger partial charge < -0.3 is 14.4 Å². The number of carboxylic acids is 1. The number of benzene rings is 1. The molecule has 21 heavy (non-hydrogen) atoms. The molecule has 0 atom stereocenters. The summed E-state index contributed by atoms with van der Waals surface area (Å²) in [4.78, 5) is 24.4. The van der Waals surface area contributed by atoms with Crippen LogP contribution in [0.1, 0.15) is 22.5 Å². The number of furan rings is 1. The van der Waals surface area contributed by atoms with E-state index < -0.39 is 17.7 Å². The zero-order valence-corrected chi connectivity index (χ0v) is 11.2. The summed E-state index contributed by atoms with van der Waals surface area (Å²) in [5.74, 6) is -1.43. The Bertz CT molecular complexity index is 624. The number of aliphatic carboxylic acids is 1. The molecule has 110 valence electrons. The Morgan fingerprint density at radius 1 is 1.24 bits per heavy atom. The molecule has 1 aromatic heterocycles. The Kier molecular flexibility index (Phi) is 4.71.